The fourth-order valence-corrected chi connectivity index (χ4v) is 6.58. The highest BCUT2D eigenvalue weighted by Gasteiger charge is 2.34. The molecule has 44 heavy (non-hydrogen) atoms. The van der Waals surface area contributed by atoms with Gasteiger partial charge in [0, 0.05) is 34.6 Å². The van der Waals surface area contributed by atoms with Gasteiger partial charge in [0.05, 0.1) is 10.6 Å². The van der Waals surface area contributed by atoms with Crippen molar-refractivity contribution in [2.45, 2.75) is 37.2 Å². The van der Waals surface area contributed by atoms with Crippen molar-refractivity contribution in [3.8, 4) is 0 Å². The van der Waals surface area contributed by atoms with E-state index in [1.807, 2.05) is 37.3 Å². The average Bonchev–Trinajstić information content (AvgIpc) is 3.01. The van der Waals surface area contributed by atoms with E-state index < -0.39 is 28.5 Å². The van der Waals surface area contributed by atoms with Crippen molar-refractivity contribution in [2.75, 3.05) is 17.4 Å². The molecule has 0 aliphatic rings. The largest absolute Gasteiger partial charge is 0.354 e. The van der Waals surface area contributed by atoms with Crippen LogP contribution in [0.1, 0.15) is 24.5 Å². The van der Waals surface area contributed by atoms with Crippen molar-refractivity contribution in [1.82, 2.24) is 10.2 Å². The molecule has 0 aliphatic heterocycles. The minimum absolute atomic E-state index is 0.0147. The third-order valence-electron chi connectivity index (χ3n) is 6.84. The lowest BCUT2D eigenvalue weighted by Crippen LogP contribution is -2.53. The summed E-state index contributed by atoms with van der Waals surface area (Å²) in [6.07, 6.45) is 0.914. The molecule has 0 bridgehead atoms. The summed E-state index contributed by atoms with van der Waals surface area (Å²) in [5.41, 5.74) is 1.72. The van der Waals surface area contributed by atoms with Gasteiger partial charge in [-0.15, -0.1) is 0 Å². The van der Waals surface area contributed by atoms with Crippen LogP contribution in [0.15, 0.2) is 108 Å². The molecule has 11 heteroatoms. The highest BCUT2D eigenvalue weighted by molar-refractivity contribution is 7.92. The lowest BCUT2D eigenvalue weighted by molar-refractivity contribution is -0.140. The number of anilines is 1. The van der Waals surface area contributed by atoms with E-state index in [9.17, 15) is 18.0 Å². The first-order valence-electron chi connectivity index (χ1n) is 14.0. The Kier molecular flexibility index (Phi) is 11.7. The highest BCUT2D eigenvalue weighted by atomic mass is 35.5. The Bertz CT molecular complexity index is 1690. The first kappa shape index (κ1) is 33.3. The van der Waals surface area contributed by atoms with Crippen molar-refractivity contribution < 1.29 is 18.0 Å². The number of amides is 2. The van der Waals surface area contributed by atoms with Crippen LogP contribution >= 0.6 is 34.8 Å². The average molecular weight is 673 g/mol. The van der Waals surface area contributed by atoms with Gasteiger partial charge >= 0.3 is 0 Å². The third kappa shape index (κ3) is 8.76. The number of carbonyl (C=O) groups is 2. The Morgan fingerprint density at radius 1 is 0.773 bits per heavy atom. The van der Waals surface area contributed by atoms with E-state index in [4.69, 9.17) is 34.8 Å². The topological polar surface area (TPSA) is 86.8 Å². The molecule has 0 heterocycles. The number of hydrogen-bond acceptors (Lipinski definition) is 4. The second kappa shape index (κ2) is 15.4. The summed E-state index contributed by atoms with van der Waals surface area (Å²) in [6.45, 7) is 1.77. The van der Waals surface area contributed by atoms with Crippen LogP contribution in [0, 0.1) is 0 Å². The molecule has 4 aromatic rings. The smallest absolute Gasteiger partial charge is 0.264 e. The highest BCUT2D eigenvalue weighted by Crippen LogP contribution is 2.28. The molecule has 0 aliphatic carbocycles. The monoisotopic (exact) mass is 671 g/mol. The number of rotatable bonds is 13. The summed E-state index contributed by atoms with van der Waals surface area (Å²) >= 11 is 18.6. The fraction of sp³-hybridized carbons (Fsp3) is 0.212. The van der Waals surface area contributed by atoms with Crippen molar-refractivity contribution in [2.24, 2.45) is 0 Å². The van der Waals surface area contributed by atoms with Gasteiger partial charge in [0.2, 0.25) is 11.8 Å². The maximum absolute atomic E-state index is 14.4. The van der Waals surface area contributed by atoms with Gasteiger partial charge in [-0.05, 0) is 72.1 Å². The maximum Gasteiger partial charge on any atom is 0.264 e. The molecule has 2 amide bonds. The predicted molar refractivity (Wildman–Crippen MR) is 177 cm³/mol. The fourth-order valence-electron chi connectivity index (χ4n) is 4.65. The molecular weight excluding hydrogens is 641 g/mol. The maximum atomic E-state index is 14.4. The second-order valence-corrected chi connectivity index (χ2v) is 13.3. The predicted octanol–water partition coefficient (Wildman–Crippen LogP) is 7.01. The Morgan fingerprint density at radius 3 is 2.05 bits per heavy atom. The van der Waals surface area contributed by atoms with Gasteiger partial charge in [0.25, 0.3) is 10.0 Å². The SMILES string of the molecule is CCCNC(=O)[C@@H](Cc1ccccc1)N(Cc1cccc(Cl)c1)C(=O)CN(c1cccc(Cl)c1)S(=O)(=O)c1ccc(Cl)cc1. The lowest BCUT2D eigenvalue weighted by Gasteiger charge is -2.34. The minimum atomic E-state index is -4.27. The first-order valence-corrected chi connectivity index (χ1v) is 16.6. The van der Waals surface area contributed by atoms with Crippen LogP contribution in [-0.2, 0) is 32.6 Å². The number of halogens is 3. The molecule has 1 N–H and O–H groups in total. The van der Waals surface area contributed by atoms with Crippen LogP contribution < -0.4 is 9.62 Å². The van der Waals surface area contributed by atoms with Gasteiger partial charge in [0.1, 0.15) is 12.6 Å². The molecule has 0 fully saturated rings. The summed E-state index contributed by atoms with van der Waals surface area (Å²) in [4.78, 5) is 29.4. The first-order chi connectivity index (χ1) is 21.1. The number of nitrogens with zero attached hydrogens (tertiary/aromatic N) is 2. The normalized spacial score (nSPS) is 11.9. The van der Waals surface area contributed by atoms with Crippen LogP contribution in [0.5, 0.6) is 0 Å². The van der Waals surface area contributed by atoms with Crippen LogP contribution in [0.3, 0.4) is 0 Å². The van der Waals surface area contributed by atoms with E-state index >= 15 is 0 Å². The Balaban J connectivity index is 1.80. The van der Waals surface area contributed by atoms with Crippen LogP contribution in [0.2, 0.25) is 15.1 Å². The molecule has 4 rings (SSSR count). The number of hydrogen-bond donors (Lipinski definition) is 1. The van der Waals surface area contributed by atoms with E-state index in [1.54, 1.807) is 42.5 Å². The Labute approximate surface area is 273 Å². The zero-order valence-electron chi connectivity index (χ0n) is 24.0. The van der Waals surface area contributed by atoms with Crippen molar-refractivity contribution in [1.29, 1.82) is 0 Å². The summed E-state index contributed by atoms with van der Waals surface area (Å²) in [5.74, 6) is -0.934. The standard InChI is InChI=1S/C33H32Cl3N3O4S/c1-2-18-37-33(41)31(20-24-8-4-3-5-9-24)38(22-25-10-6-11-27(35)19-25)32(40)23-39(29-13-7-12-28(36)21-29)44(42,43)30-16-14-26(34)15-17-30/h3-17,19,21,31H,2,18,20,22-23H2,1H3,(H,37,41)/t31-/m1/s1. The van der Waals surface area contributed by atoms with Gasteiger partial charge in [-0.3, -0.25) is 13.9 Å². The van der Waals surface area contributed by atoms with Crippen molar-refractivity contribution in [3.63, 3.8) is 0 Å². The van der Waals surface area contributed by atoms with E-state index in [2.05, 4.69) is 5.32 Å². The number of nitrogens with one attached hydrogen (secondary N) is 1. The molecular formula is C33H32Cl3N3O4S. The summed E-state index contributed by atoms with van der Waals surface area (Å²) in [5, 5.41) is 4.05. The number of benzene rings is 4. The van der Waals surface area contributed by atoms with Crippen LogP contribution in [0.25, 0.3) is 0 Å². The molecule has 7 nitrogen and oxygen atoms in total. The minimum Gasteiger partial charge on any atom is -0.354 e. The zero-order chi connectivity index (χ0) is 31.7. The molecule has 0 unspecified atom stereocenters. The Hall–Kier alpha value is -3.56. The summed E-state index contributed by atoms with van der Waals surface area (Å²) in [7, 11) is -4.27. The van der Waals surface area contributed by atoms with Crippen LogP contribution in [-0.4, -0.2) is 44.3 Å². The molecule has 0 saturated heterocycles. The van der Waals surface area contributed by atoms with Gasteiger partial charge in [-0.25, -0.2) is 8.42 Å². The van der Waals surface area contributed by atoms with E-state index in [-0.39, 0.29) is 29.5 Å². The van der Waals surface area contributed by atoms with Gasteiger partial charge in [-0.2, -0.15) is 0 Å². The van der Waals surface area contributed by atoms with Crippen molar-refractivity contribution in [3.05, 3.63) is 129 Å². The van der Waals surface area contributed by atoms with E-state index in [0.29, 0.717) is 33.6 Å². The Morgan fingerprint density at radius 2 is 1.41 bits per heavy atom. The third-order valence-corrected chi connectivity index (χ3v) is 9.35. The van der Waals surface area contributed by atoms with E-state index in [1.165, 1.54) is 35.2 Å². The van der Waals surface area contributed by atoms with Crippen LogP contribution in [0.4, 0.5) is 5.69 Å². The second-order valence-electron chi connectivity index (χ2n) is 10.1. The van der Waals surface area contributed by atoms with Gasteiger partial charge in [-0.1, -0.05) is 90.3 Å². The molecule has 1 atom stereocenters. The molecule has 0 aromatic heterocycles. The molecule has 4 aromatic carbocycles. The van der Waals surface area contributed by atoms with Gasteiger partial charge in [0.15, 0.2) is 0 Å². The molecule has 230 valence electrons. The van der Waals surface area contributed by atoms with Gasteiger partial charge < -0.3 is 10.2 Å². The summed E-state index contributed by atoms with van der Waals surface area (Å²) < 4.78 is 29.0. The zero-order valence-corrected chi connectivity index (χ0v) is 27.1. The van der Waals surface area contributed by atoms with Crippen molar-refractivity contribution >= 4 is 62.3 Å². The lowest BCUT2D eigenvalue weighted by atomic mass is 10.0. The van der Waals surface area contributed by atoms with E-state index in [0.717, 1.165) is 9.87 Å². The molecule has 0 spiro atoms. The number of carbonyl (C=O) groups excluding carboxylic acids is 2. The summed E-state index contributed by atoms with van der Waals surface area (Å²) in [6, 6.07) is 27.3. The molecule has 0 radical (unpaired) electrons. The quantitative estimate of drug-likeness (QED) is 0.166. The molecule has 0 saturated carbocycles. The number of sulfonamides is 1.